The van der Waals surface area contributed by atoms with E-state index in [0.29, 0.717) is 10.9 Å². The number of hydrogen-bond acceptors (Lipinski definition) is 5. The van der Waals surface area contributed by atoms with Gasteiger partial charge in [-0.1, -0.05) is 42.5 Å². The Morgan fingerprint density at radius 2 is 1.81 bits per heavy atom. The van der Waals surface area contributed by atoms with Crippen molar-refractivity contribution in [2.24, 2.45) is 0 Å². The summed E-state index contributed by atoms with van der Waals surface area (Å²) in [5.74, 6) is -0.634. The smallest absolute Gasteiger partial charge is 0.326 e. The first-order chi connectivity index (χ1) is 13.0. The molecule has 0 bridgehead atoms. The standard InChI is InChI=1S/C20H19N3O4/c1-13(19-22-16-10-6-5-9-15(16)20(26)23-19)27-18(25)12-21-17(24)11-14-7-3-2-4-8-14/h2-10,13H,11-12H2,1H3,(H,21,24)(H,22,23,26)/t13-/m0/s1. The number of H-pyrrole nitrogens is 1. The van der Waals surface area contributed by atoms with Crippen LogP contribution in [0, 0.1) is 0 Å². The molecule has 0 saturated heterocycles. The van der Waals surface area contributed by atoms with Crippen LogP contribution in [0.3, 0.4) is 0 Å². The van der Waals surface area contributed by atoms with Crippen molar-refractivity contribution >= 4 is 22.8 Å². The minimum Gasteiger partial charge on any atom is -0.453 e. The molecule has 138 valence electrons. The first-order valence-electron chi connectivity index (χ1n) is 8.52. The zero-order valence-corrected chi connectivity index (χ0v) is 14.8. The molecule has 2 aromatic carbocycles. The highest BCUT2D eigenvalue weighted by Gasteiger charge is 2.16. The number of amides is 1. The molecule has 2 N–H and O–H groups in total. The molecule has 1 amide bonds. The number of aromatic amines is 1. The van der Waals surface area contributed by atoms with Gasteiger partial charge in [-0.3, -0.25) is 14.4 Å². The average Bonchev–Trinajstić information content (AvgIpc) is 2.67. The number of para-hydroxylation sites is 1. The third-order valence-corrected chi connectivity index (χ3v) is 3.96. The summed E-state index contributed by atoms with van der Waals surface area (Å²) < 4.78 is 5.25. The molecule has 0 aliphatic carbocycles. The summed E-state index contributed by atoms with van der Waals surface area (Å²) in [4.78, 5) is 42.9. The molecule has 0 radical (unpaired) electrons. The van der Waals surface area contributed by atoms with Gasteiger partial charge in [0.1, 0.15) is 6.54 Å². The lowest BCUT2D eigenvalue weighted by Gasteiger charge is -2.13. The number of benzene rings is 2. The van der Waals surface area contributed by atoms with E-state index in [9.17, 15) is 14.4 Å². The van der Waals surface area contributed by atoms with Gasteiger partial charge in [-0.05, 0) is 24.6 Å². The third kappa shape index (κ3) is 4.78. The minimum atomic E-state index is -0.749. The molecule has 3 aromatic rings. The van der Waals surface area contributed by atoms with Crippen LogP contribution >= 0.6 is 0 Å². The van der Waals surface area contributed by atoms with Gasteiger partial charge in [0.05, 0.1) is 17.3 Å². The van der Waals surface area contributed by atoms with Crippen molar-refractivity contribution in [1.29, 1.82) is 0 Å². The van der Waals surface area contributed by atoms with Crippen molar-refractivity contribution in [2.45, 2.75) is 19.4 Å². The van der Waals surface area contributed by atoms with Gasteiger partial charge in [-0.25, -0.2) is 4.98 Å². The molecule has 27 heavy (non-hydrogen) atoms. The molecule has 1 aromatic heterocycles. The molecular weight excluding hydrogens is 346 g/mol. The van der Waals surface area contributed by atoms with Gasteiger partial charge in [-0.15, -0.1) is 0 Å². The monoisotopic (exact) mass is 365 g/mol. The summed E-state index contributed by atoms with van der Waals surface area (Å²) >= 11 is 0. The molecule has 0 saturated carbocycles. The fourth-order valence-corrected chi connectivity index (χ4v) is 2.61. The Balaban J connectivity index is 1.56. The van der Waals surface area contributed by atoms with E-state index < -0.39 is 12.1 Å². The van der Waals surface area contributed by atoms with Gasteiger partial charge in [0.2, 0.25) is 5.91 Å². The van der Waals surface area contributed by atoms with Crippen molar-refractivity contribution in [3.05, 3.63) is 76.3 Å². The molecule has 0 fully saturated rings. The fraction of sp³-hybridized carbons (Fsp3) is 0.200. The van der Waals surface area contributed by atoms with Gasteiger partial charge >= 0.3 is 5.97 Å². The lowest BCUT2D eigenvalue weighted by Crippen LogP contribution is -2.32. The molecule has 1 heterocycles. The third-order valence-electron chi connectivity index (χ3n) is 3.96. The van der Waals surface area contributed by atoms with Crippen LogP contribution in [-0.2, 0) is 20.7 Å². The van der Waals surface area contributed by atoms with E-state index in [1.165, 1.54) is 0 Å². The van der Waals surface area contributed by atoms with Crippen molar-refractivity contribution < 1.29 is 14.3 Å². The van der Waals surface area contributed by atoms with E-state index in [-0.39, 0.29) is 30.3 Å². The number of ether oxygens (including phenoxy) is 1. The predicted molar refractivity (Wildman–Crippen MR) is 100 cm³/mol. The number of nitrogens with zero attached hydrogens (tertiary/aromatic N) is 1. The molecule has 7 nitrogen and oxygen atoms in total. The van der Waals surface area contributed by atoms with Crippen LogP contribution in [0.15, 0.2) is 59.4 Å². The Bertz CT molecular complexity index is 1010. The Morgan fingerprint density at radius 3 is 2.59 bits per heavy atom. The van der Waals surface area contributed by atoms with E-state index >= 15 is 0 Å². The summed E-state index contributed by atoms with van der Waals surface area (Å²) in [6.45, 7) is 1.35. The lowest BCUT2D eigenvalue weighted by atomic mass is 10.1. The van der Waals surface area contributed by atoms with Gasteiger partial charge < -0.3 is 15.0 Å². The van der Waals surface area contributed by atoms with E-state index in [2.05, 4.69) is 15.3 Å². The van der Waals surface area contributed by atoms with Crippen LogP contribution in [0.4, 0.5) is 0 Å². The van der Waals surface area contributed by atoms with Gasteiger partial charge in [0.15, 0.2) is 11.9 Å². The van der Waals surface area contributed by atoms with Crippen LogP contribution < -0.4 is 10.9 Å². The zero-order valence-electron chi connectivity index (χ0n) is 14.8. The average molecular weight is 365 g/mol. The maximum absolute atomic E-state index is 12.1. The van der Waals surface area contributed by atoms with Gasteiger partial charge in [-0.2, -0.15) is 0 Å². The minimum absolute atomic E-state index is 0.184. The zero-order chi connectivity index (χ0) is 19.2. The van der Waals surface area contributed by atoms with Crippen LogP contribution in [0.5, 0.6) is 0 Å². The predicted octanol–water partition coefficient (Wildman–Crippen LogP) is 1.89. The van der Waals surface area contributed by atoms with Crippen molar-refractivity contribution in [1.82, 2.24) is 15.3 Å². The van der Waals surface area contributed by atoms with Gasteiger partial charge in [0, 0.05) is 0 Å². The highest BCUT2D eigenvalue weighted by Crippen LogP contribution is 2.14. The summed E-state index contributed by atoms with van der Waals surface area (Å²) in [7, 11) is 0. The summed E-state index contributed by atoms with van der Waals surface area (Å²) in [6, 6.07) is 16.1. The highest BCUT2D eigenvalue weighted by molar-refractivity contribution is 5.83. The number of aromatic nitrogens is 2. The lowest BCUT2D eigenvalue weighted by molar-refractivity contribution is -0.148. The second-order valence-corrected chi connectivity index (χ2v) is 6.04. The largest absolute Gasteiger partial charge is 0.453 e. The van der Waals surface area contributed by atoms with Crippen molar-refractivity contribution in [2.75, 3.05) is 6.54 Å². The molecule has 0 aliphatic rings. The molecule has 3 rings (SSSR count). The SMILES string of the molecule is C[C@H](OC(=O)CNC(=O)Cc1ccccc1)c1nc2ccccc2c(=O)[nH]1. The number of rotatable bonds is 6. The molecular formula is C20H19N3O4. The number of fused-ring (bicyclic) bond motifs is 1. The number of hydrogen-bond donors (Lipinski definition) is 2. The Hall–Kier alpha value is -3.48. The summed E-state index contributed by atoms with van der Waals surface area (Å²) in [5, 5.41) is 2.99. The van der Waals surface area contributed by atoms with Crippen LogP contribution in [0.1, 0.15) is 24.4 Å². The first kappa shape index (κ1) is 18.3. The van der Waals surface area contributed by atoms with E-state index in [1.807, 2.05) is 30.3 Å². The first-order valence-corrected chi connectivity index (χ1v) is 8.52. The Kier molecular flexibility index (Phi) is 5.61. The molecule has 0 unspecified atom stereocenters. The van der Waals surface area contributed by atoms with Crippen molar-refractivity contribution in [3.8, 4) is 0 Å². The second-order valence-electron chi connectivity index (χ2n) is 6.04. The van der Waals surface area contributed by atoms with E-state index in [4.69, 9.17) is 4.74 Å². The number of nitrogens with one attached hydrogen (secondary N) is 2. The molecule has 1 atom stereocenters. The second kappa shape index (κ2) is 8.27. The maximum Gasteiger partial charge on any atom is 0.326 e. The van der Waals surface area contributed by atoms with E-state index in [0.717, 1.165) is 5.56 Å². The fourth-order valence-electron chi connectivity index (χ4n) is 2.61. The maximum atomic E-state index is 12.1. The summed E-state index contributed by atoms with van der Waals surface area (Å²) in [6.07, 6.45) is -0.565. The highest BCUT2D eigenvalue weighted by atomic mass is 16.5. The van der Waals surface area contributed by atoms with Crippen LogP contribution in [0.2, 0.25) is 0 Å². The van der Waals surface area contributed by atoms with Crippen molar-refractivity contribution in [3.63, 3.8) is 0 Å². The van der Waals surface area contributed by atoms with Gasteiger partial charge in [0.25, 0.3) is 5.56 Å². The number of carbonyl (C=O) groups excluding carboxylic acids is 2. The van der Waals surface area contributed by atoms with Crippen LogP contribution in [-0.4, -0.2) is 28.4 Å². The normalized spacial score (nSPS) is 11.7. The summed E-state index contributed by atoms with van der Waals surface area (Å²) in [5.41, 5.74) is 1.08. The van der Waals surface area contributed by atoms with Crippen LogP contribution in [0.25, 0.3) is 10.9 Å². The number of esters is 1. The van der Waals surface area contributed by atoms with E-state index in [1.54, 1.807) is 31.2 Å². The molecule has 7 heteroatoms. The Labute approximate surface area is 155 Å². The molecule has 0 spiro atoms. The topological polar surface area (TPSA) is 101 Å². The number of carbonyl (C=O) groups is 2. The molecule has 0 aliphatic heterocycles. The Morgan fingerprint density at radius 1 is 1.11 bits per heavy atom. The quantitative estimate of drug-likeness (QED) is 0.650.